The highest BCUT2D eigenvalue weighted by atomic mass is 16.6. The summed E-state index contributed by atoms with van der Waals surface area (Å²) in [6, 6.07) is 11.6. The molecule has 2 aromatic rings. The maximum absolute atomic E-state index is 10.2. The Morgan fingerprint density at radius 3 is 2.20 bits per heavy atom. The van der Waals surface area contributed by atoms with Crippen molar-refractivity contribution < 1.29 is 10.0 Å². The number of anilines is 2. The third-order valence-electron chi connectivity index (χ3n) is 3.66. The lowest BCUT2D eigenvalue weighted by Gasteiger charge is -2.21. The quantitative estimate of drug-likeness (QED) is 0.419. The molecule has 2 rings (SSSR count). The third kappa shape index (κ3) is 5.80. The number of nitro groups is 1. The molecule has 7 heteroatoms. The number of nitro benzene ring substituents is 1. The number of phenolic OH excluding ortho intramolecular Hbond substituents is 1. The zero-order valence-electron chi connectivity index (χ0n) is 14.7. The minimum absolute atomic E-state index is 0.115. The first kappa shape index (κ1) is 20.0. The van der Waals surface area contributed by atoms with Gasteiger partial charge in [-0.15, -0.1) is 0 Å². The number of rotatable bonds is 6. The molecule has 0 atom stereocenters. The van der Waals surface area contributed by atoms with E-state index < -0.39 is 4.92 Å². The summed E-state index contributed by atoms with van der Waals surface area (Å²) in [7, 11) is 1.77. The van der Waals surface area contributed by atoms with Crippen molar-refractivity contribution in [3.63, 3.8) is 0 Å². The molecule has 0 aliphatic heterocycles. The molecule has 0 radical (unpaired) electrons. The van der Waals surface area contributed by atoms with Gasteiger partial charge in [-0.05, 0) is 38.1 Å². The summed E-state index contributed by atoms with van der Waals surface area (Å²) in [4.78, 5) is 11.9. The second-order valence-electron chi connectivity index (χ2n) is 5.11. The molecular weight excluding hydrogens is 320 g/mol. The average Bonchev–Trinajstić information content (AvgIpc) is 2.63. The standard InChI is InChI=1S/C11H16N2O.C7H8N2O2/c1-3-13(4-2)10-6-5-9(8-12)11(14)7-10;1-8-6-2-4-7(5-3-6)9(10)11/h5-8,12,14H,3-4H2,1-2H3;2-5,8H,1H3. The van der Waals surface area contributed by atoms with Gasteiger partial charge in [0.1, 0.15) is 5.75 Å². The number of hydrogen-bond acceptors (Lipinski definition) is 6. The van der Waals surface area contributed by atoms with Crippen LogP contribution < -0.4 is 10.2 Å². The minimum Gasteiger partial charge on any atom is -0.507 e. The fourth-order valence-corrected chi connectivity index (χ4v) is 2.19. The molecule has 7 nitrogen and oxygen atoms in total. The van der Waals surface area contributed by atoms with E-state index in [-0.39, 0.29) is 11.4 Å². The topological polar surface area (TPSA) is 102 Å². The van der Waals surface area contributed by atoms with E-state index in [9.17, 15) is 15.2 Å². The second kappa shape index (κ2) is 9.92. The van der Waals surface area contributed by atoms with E-state index in [1.165, 1.54) is 12.1 Å². The van der Waals surface area contributed by atoms with Crippen LogP contribution in [0.5, 0.6) is 5.75 Å². The highest BCUT2D eigenvalue weighted by Crippen LogP contribution is 2.23. The Bertz CT molecular complexity index is 698. The van der Waals surface area contributed by atoms with Gasteiger partial charge in [0.05, 0.1) is 4.92 Å². The van der Waals surface area contributed by atoms with Crippen molar-refractivity contribution in [3.8, 4) is 5.75 Å². The van der Waals surface area contributed by atoms with E-state index in [1.807, 2.05) is 6.07 Å². The van der Waals surface area contributed by atoms with Crippen molar-refractivity contribution in [2.24, 2.45) is 0 Å². The molecule has 25 heavy (non-hydrogen) atoms. The van der Waals surface area contributed by atoms with Gasteiger partial charge in [0.15, 0.2) is 0 Å². The normalized spacial score (nSPS) is 9.56. The third-order valence-corrected chi connectivity index (χ3v) is 3.66. The number of phenols is 1. The molecule has 0 saturated carbocycles. The van der Waals surface area contributed by atoms with Crippen LogP contribution in [0.3, 0.4) is 0 Å². The number of hydrogen-bond donors (Lipinski definition) is 3. The first-order valence-electron chi connectivity index (χ1n) is 7.97. The molecule has 0 aromatic heterocycles. The monoisotopic (exact) mass is 344 g/mol. The van der Waals surface area contributed by atoms with Gasteiger partial charge in [-0.25, -0.2) is 0 Å². The summed E-state index contributed by atoms with van der Waals surface area (Å²) in [6.07, 6.45) is 1.15. The summed E-state index contributed by atoms with van der Waals surface area (Å²) in [6.45, 7) is 5.98. The van der Waals surface area contributed by atoms with E-state index in [4.69, 9.17) is 5.41 Å². The Morgan fingerprint density at radius 2 is 1.80 bits per heavy atom. The van der Waals surface area contributed by atoms with Gasteiger partial charge in [-0.2, -0.15) is 0 Å². The molecular formula is C18H24N4O3. The maximum atomic E-state index is 10.2. The van der Waals surface area contributed by atoms with Crippen molar-refractivity contribution in [2.75, 3.05) is 30.4 Å². The zero-order valence-corrected chi connectivity index (χ0v) is 14.7. The summed E-state index contributed by atoms with van der Waals surface area (Å²) in [5.41, 5.74) is 2.54. The Kier molecular flexibility index (Phi) is 7.92. The lowest BCUT2D eigenvalue weighted by molar-refractivity contribution is -0.384. The molecule has 0 amide bonds. The van der Waals surface area contributed by atoms with Gasteiger partial charge in [0, 0.05) is 61.5 Å². The molecule has 0 aliphatic carbocycles. The lowest BCUT2D eigenvalue weighted by atomic mass is 10.2. The predicted octanol–water partition coefficient (Wildman–Crippen LogP) is 3.87. The number of aromatic hydroxyl groups is 1. The van der Waals surface area contributed by atoms with E-state index in [0.29, 0.717) is 5.56 Å². The van der Waals surface area contributed by atoms with Crippen molar-refractivity contribution in [1.82, 2.24) is 0 Å². The molecule has 0 fully saturated rings. The molecule has 2 aromatic carbocycles. The van der Waals surface area contributed by atoms with Gasteiger partial charge >= 0.3 is 0 Å². The summed E-state index contributed by atoms with van der Waals surface area (Å²) in [5.74, 6) is 0.171. The van der Waals surface area contributed by atoms with Crippen LogP contribution in [0.15, 0.2) is 42.5 Å². The summed E-state index contributed by atoms with van der Waals surface area (Å²) >= 11 is 0. The number of benzene rings is 2. The van der Waals surface area contributed by atoms with Crippen LogP contribution in [0.25, 0.3) is 0 Å². The SMILES string of the molecule is CCN(CC)c1ccc(C=N)c(O)c1.CNc1ccc([N+](=O)[O-])cc1. The van der Waals surface area contributed by atoms with Crippen LogP contribution in [0, 0.1) is 15.5 Å². The van der Waals surface area contributed by atoms with Crippen LogP contribution in [0.4, 0.5) is 17.1 Å². The molecule has 134 valence electrons. The molecule has 0 bridgehead atoms. The summed E-state index contributed by atoms with van der Waals surface area (Å²) in [5, 5.41) is 29.7. The van der Waals surface area contributed by atoms with Crippen LogP contribution in [-0.2, 0) is 0 Å². The molecule has 0 unspecified atom stereocenters. The fourth-order valence-electron chi connectivity index (χ4n) is 2.19. The van der Waals surface area contributed by atoms with E-state index in [1.54, 1.807) is 31.3 Å². The number of nitrogens with zero attached hydrogens (tertiary/aromatic N) is 2. The minimum atomic E-state index is -0.417. The summed E-state index contributed by atoms with van der Waals surface area (Å²) < 4.78 is 0. The number of nitrogens with one attached hydrogen (secondary N) is 2. The molecule has 0 aliphatic rings. The molecule has 0 saturated heterocycles. The number of non-ortho nitro benzene ring substituents is 1. The molecule has 3 N–H and O–H groups in total. The Labute approximate surface area is 147 Å². The van der Waals surface area contributed by atoms with Crippen molar-refractivity contribution in [1.29, 1.82) is 5.41 Å². The smallest absolute Gasteiger partial charge is 0.269 e. The van der Waals surface area contributed by atoms with Gasteiger partial charge < -0.3 is 20.7 Å². The van der Waals surface area contributed by atoms with Crippen molar-refractivity contribution >= 4 is 23.3 Å². The van der Waals surface area contributed by atoms with Crippen LogP contribution in [-0.4, -0.2) is 36.4 Å². The Hall–Kier alpha value is -3.09. The van der Waals surface area contributed by atoms with E-state index in [0.717, 1.165) is 30.7 Å². The Balaban J connectivity index is 0.000000257. The Morgan fingerprint density at radius 1 is 1.20 bits per heavy atom. The zero-order chi connectivity index (χ0) is 18.8. The molecule has 0 heterocycles. The van der Waals surface area contributed by atoms with Gasteiger partial charge in [-0.1, -0.05) is 0 Å². The maximum Gasteiger partial charge on any atom is 0.269 e. The van der Waals surface area contributed by atoms with Crippen LogP contribution in [0.1, 0.15) is 19.4 Å². The van der Waals surface area contributed by atoms with Gasteiger partial charge in [-0.3, -0.25) is 10.1 Å². The fraction of sp³-hybridized carbons (Fsp3) is 0.278. The predicted molar refractivity (Wildman–Crippen MR) is 102 cm³/mol. The first-order valence-corrected chi connectivity index (χ1v) is 7.97. The van der Waals surface area contributed by atoms with Gasteiger partial charge in [0.2, 0.25) is 0 Å². The van der Waals surface area contributed by atoms with Crippen LogP contribution in [0.2, 0.25) is 0 Å². The second-order valence-corrected chi connectivity index (χ2v) is 5.11. The molecule has 0 spiro atoms. The van der Waals surface area contributed by atoms with E-state index in [2.05, 4.69) is 24.1 Å². The highest BCUT2D eigenvalue weighted by Gasteiger charge is 2.04. The first-order chi connectivity index (χ1) is 12.0. The van der Waals surface area contributed by atoms with Crippen LogP contribution >= 0.6 is 0 Å². The largest absolute Gasteiger partial charge is 0.507 e. The average molecular weight is 344 g/mol. The van der Waals surface area contributed by atoms with Gasteiger partial charge in [0.25, 0.3) is 5.69 Å². The van der Waals surface area contributed by atoms with Crippen molar-refractivity contribution in [3.05, 3.63) is 58.1 Å². The lowest BCUT2D eigenvalue weighted by Crippen LogP contribution is -2.21. The van der Waals surface area contributed by atoms with E-state index >= 15 is 0 Å². The highest BCUT2D eigenvalue weighted by molar-refractivity contribution is 5.82. The van der Waals surface area contributed by atoms with Crippen molar-refractivity contribution in [2.45, 2.75) is 13.8 Å².